The fourth-order valence-electron chi connectivity index (χ4n) is 2.18. The molecule has 84 valence electrons. The van der Waals surface area contributed by atoms with Gasteiger partial charge in [0.05, 0.1) is 7.11 Å². The minimum absolute atomic E-state index is 0.107. The molecule has 3 heteroatoms. The van der Waals surface area contributed by atoms with Crippen molar-refractivity contribution < 1.29 is 14.3 Å². The Balaban J connectivity index is 2.46. The molecular formula is C13H14O3. The smallest absolute Gasteiger partial charge is 0.316 e. The molecule has 1 atom stereocenters. The molecule has 3 nitrogen and oxygen atoms in total. The molecule has 0 N–H and O–H groups in total. The molecule has 0 amide bonds. The molecule has 1 aromatic rings. The van der Waals surface area contributed by atoms with Gasteiger partial charge in [0.2, 0.25) is 0 Å². The summed E-state index contributed by atoms with van der Waals surface area (Å²) in [5.41, 5.74) is 3.94. The molecule has 1 aliphatic carbocycles. The Bertz CT molecular complexity index is 474. The zero-order valence-electron chi connectivity index (χ0n) is 9.66. The van der Waals surface area contributed by atoms with Crippen molar-refractivity contribution in [3.63, 3.8) is 0 Å². The first-order valence-electron chi connectivity index (χ1n) is 5.27. The van der Waals surface area contributed by atoms with Gasteiger partial charge in [-0.05, 0) is 37.0 Å². The number of ether oxygens (including phenoxy) is 1. The van der Waals surface area contributed by atoms with Crippen LogP contribution in [-0.4, -0.2) is 18.9 Å². The average Bonchev–Trinajstić information content (AvgIpc) is 2.61. The van der Waals surface area contributed by atoms with E-state index in [-0.39, 0.29) is 5.78 Å². The molecule has 0 saturated carbocycles. The van der Waals surface area contributed by atoms with Gasteiger partial charge in [-0.1, -0.05) is 12.1 Å². The number of carbonyl (C=O) groups is 2. The molecular weight excluding hydrogens is 204 g/mol. The van der Waals surface area contributed by atoms with Gasteiger partial charge < -0.3 is 4.74 Å². The van der Waals surface area contributed by atoms with Gasteiger partial charge in [0, 0.05) is 5.56 Å². The first-order chi connectivity index (χ1) is 7.56. The zero-order valence-corrected chi connectivity index (χ0v) is 9.66. The van der Waals surface area contributed by atoms with Gasteiger partial charge in [-0.2, -0.15) is 0 Å². The fourth-order valence-corrected chi connectivity index (χ4v) is 2.18. The number of rotatable bonds is 1. The van der Waals surface area contributed by atoms with Crippen LogP contribution in [0.1, 0.15) is 27.0 Å². The van der Waals surface area contributed by atoms with Gasteiger partial charge in [-0.3, -0.25) is 9.59 Å². The van der Waals surface area contributed by atoms with E-state index in [0.29, 0.717) is 12.0 Å². The molecule has 2 rings (SSSR count). The van der Waals surface area contributed by atoms with Crippen LogP contribution < -0.4 is 0 Å². The van der Waals surface area contributed by atoms with Crippen LogP contribution in [0.3, 0.4) is 0 Å². The Hall–Kier alpha value is -1.64. The van der Waals surface area contributed by atoms with Crippen LogP contribution in [0, 0.1) is 19.8 Å². The van der Waals surface area contributed by atoms with Gasteiger partial charge in [-0.25, -0.2) is 0 Å². The lowest BCUT2D eigenvalue weighted by molar-refractivity contribution is -0.143. The molecule has 0 aliphatic heterocycles. The second-order valence-corrected chi connectivity index (χ2v) is 4.18. The molecule has 0 radical (unpaired) electrons. The number of methoxy groups -OCH3 is 1. The number of esters is 1. The van der Waals surface area contributed by atoms with E-state index in [1.807, 2.05) is 26.0 Å². The van der Waals surface area contributed by atoms with E-state index in [1.165, 1.54) is 7.11 Å². The normalized spacial score (nSPS) is 18.4. The number of carbonyl (C=O) groups excluding carboxylic acids is 2. The van der Waals surface area contributed by atoms with Crippen molar-refractivity contribution in [3.05, 3.63) is 34.4 Å². The fraction of sp³-hybridized carbons (Fsp3) is 0.385. The third-order valence-corrected chi connectivity index (χ3v) is 3.35. The summed E-state index contributed by atoms with van der Waals surface area (Å²) in [6.45, 7) is 3.99. The van der Waals surface area contributed by atoms with Crippen molar-refractivity contribution in [3.8, 4) is 0 Å². The van der Waals surface area contributed by atoms with Crippen LogP contribution in [0.5, 0.6) is 0 Å². The molecule has 1 unspecified atom stereocenters. The molecule has 0 saturated heterocycles. The molecule has 0 spiro atoms. The minimum atomic E-state index is -0.638. The van der Waals surface area contributed by atoms with Crippen molar-refractivity contribution in [2.45, 2.75) is 20.3 Å². The van der Waals surface area contributed by atoms with E-state index in [9.17, 15) is 9.59 Å². The molecule has 0 bridgehead atoms. The lowest BCUT2D eigenvalue weighted by Gasteiger charge is -2.05. The highest BCUT2D eigenvalue weighted by atomic mass is 16.5. The maximum absolute atomic E-state index is 12.0. The standard InChI is InChI=1S/C13H14O3/c1-7-4-5-9-10(8(7)2)6-11(12(9)14)13(15)16-3/h4-5,11H,6H2,1-3H3. The SMILES string of the molecule is COC(=O)C1Cc2c(ccc(C)c2C)C1=O. The molecule has 0 fully saturated rings. The summed E-state index contributed by atoms with van der Waals surface area (Å²) >= 11 is 0. The highest BCUT2D eigenvalue weighted by Gasteiger charge is 2.37. The highest BCUT2D eigenvalue weighted by molar-refractivity contribution is 6.12. The van der Waals surface area contributed by atoms with Crippen LogP contribution in [0.2, 0.25) is 0 Å². The number of benzene rings is 1. The van der Waals surface area contributed by atoms with E-state index < -0.39 is 11.9 Å². The van der Waals surface area contributed by atoms with E-state index >= 15 is 0 Å². The lowest BCUT2D eigenvalue weighted by Crippen LogP contribution is -2.21. The third-order valence-electron chi connectivity index (χ3n) is 3.35. The molecule has 0 aromatic heterocycles. The monoisotopic (exact) mass is 218 g/mol. The van der Waals surface area contributed by atoms with Gasteiger partial charge >= 0.3 is 5.97 Å². The quantitative estimate of drug-likeness (QED) is 0.533. The second kappa shape index (κ2) is 3.74. The topological polar surface area (TPSA) is 43.4 Å². The largest absolute Gasteiger partial charge is 0.468 e. The Morgan fingerprint density at radius 1 is 1.38 bits per heavy atom. The average molecular weight is 218 g/mol. The Labute approximate surface area is 94.4 Å². The summed E-state index contributed by atoms with van der Waals surface area (Å²) in [6.07, 6.45) is 0.481. The summed E-state index contributed by atoms with van der Waals surface area (Å²) in [7, 11) is 1.32. The molecule has 16 heavy (non-hydrogen) atoms. The molecule has 0 heterocycles. The first-order valence-corrected chi connectivity index (χ1v) is 5.27. The summed E-state index contributed by atoms with van der Waals surface area (Å²) in [5, 5.41) is 0. The van der Waals surface area contributed by atoms with Gasteiger partial charge in [-0.15, -0.1) is 0 Å². The van der Waals surface area contributed by atoms with Crippen molar-refractivity contribution in [1.82, 2.24) is 0 Å². The number of aryl methyl sites for hydroxylation is 1. The van der Waals surface area contributed by atoms with Crippen molar-refractivity contribution in [1.29, 1.82) is 0 Å². The summed E-state index contributed by atoms with van der Waals surface area (Å²) in [5.74, 6) is -1.18. The Kier molecular flexibility index (Phi) is 2.54. The Morgan fingerprint density at radius 3 is 2.69 bits per heavy atom. The zero-order chi connectivity index (χ0) is 11.9. The van der Waals surface area contributed by atoms with Crippen LogP contribution in [-0.2, 0) is 16.0 Å². The third kappa shape index (κ3) is 1.43. The number of hydrogen-bond donors (Lipinski definition) is 0. The summed E-state index contributed by atoms with van der Waals surface area (Å²) in [6, 6.07) is 3.73. The van der Waals surface area contributed by atoms with E-state index in [4.69, 9.17) is 0 Å². The highest BCUT2D eigenvalue weighted by Crippen LogP contribution is 2.31. The van der Waals surface area contributed by atoms with Crippen LogP contribution in [0.4, 0.5) is 0 Å². The van der Waals surface area contributed by atoms with Crippen LogP contribution in [0.25, 0.3) is 0 Å². The lowest BCUT2D eigenvalue weighted by atomic mass is 10.00. The first kappa shape index (κ1) is 10.9. The Morgan fingerprint density at radius 2 is 2.06 bits per heavy atom. The summed E-state index contributed by atoms with van der Waals surface area (Å²) in [4.78, 5) is 23.4. The van der Waals surface area contributed by atoms with E-state index in [0.717, 1.165) is 16.7 Å². The summed E-state index contributed by atoms with van der Waals surface area (Å²) < 4.78 is 4.65. The van der Waals surface area contributed by atoms with Gasteiger partial charge in [0.1, 0.15) is 5.92 Å². The molecule has 1 aromatic carbocycles. The van der Waals surface area contributed by atoms with E-state index in [2.05, 4.69) is 4.74 Å². The van der Waals surface area contributed by atoms with Gasteiger partial charge in [0.25, 0.3) is 0 Å². The van der Waals surface area contributed by atoms with Crippen molar-refractivity contribution >= 4 is 11.8 Å². The van der Waals surface area contributed by atoms with Crippen LogP contribution in [0.15, 0.2) is 12.1 Å². The minimum Gasteiger partial charge on any atom is -0.468 e. The number of hydrogen-bond acceptors (Lipinski definition) is 3. The second-order valence-electron chi connectivity index (χ2n) is 4.18. The van der Waals surface area contributed by atoms with Crippen molar-refractivity contribution in [2.24, 2.45) is 5.92 Å². The van der Waals surface area contributed by atoms with Crippen molar-refractivity contribution in [2.75, 3.05) is 7.11 Å². The van der Waals surface area contributed by atoms with E-state index in [1.54, 1.807) is 0 Å². The van der Waals surface area contributed by atoms with Crippen LogP contribution >= 0.6 is 0 Å². The van der Waals surface area contributed by atoms with Gasteiger partial charge in [0.15, 0.2) is 5.78 Å². The predicted octanol–water partition coefficient (Wildman–Crippen LogP) is 1.83. The molecule has 1 aliphatic rings. The number of fused-ring (bicyclic) bond motifs is 1. The maximum Gasteiger partial charge on any atom is 0.316 e. The predicted molar refractivity (Wildman–Crippen MR) is 59.5 cm³/mol. The maximum atomic E-state index is 12.0. The number of Topliss-reactive ketones (excluding diaryl/α,β-unsaturated/α-hetero) is 1. The number of ketones is 1.